The first kappa shape index (κ1) is 26.7. The van der Waals surface area contributed by atoms with E-state index in [1.54, 1.807) is 0 Å². The van der Waals surface area contributed by atoms with E-state index in [2.05, 4.69) is 26.1 Å². The smallest absolute Gasteiger partial charge is 0.109 e. The summed E-state index contributed by atoms with van der Waals surface area (Å²) in [6.45, 7) is 11.4. The Morgan fingerprint density at radius 3 is 1.86 bits per heavy atom. The number of rotatable bonds is 12. The maximum Gasteiger partial charge on any atom is 0.109 e. The maximum absolute atomic E-state index is 9.83. The summed E-state index contributed by atoms with van der Waals surface area (Å²) < 4.78 is 0. The molecule has 4 nitrogen and oxygen atoms in total. The molecule has 0 spiro atoms. The first-order chi connectivity index (χ1) is 10.7. The minimum atomic E-state index is -0.593. The fraction of sp³-hybridized carbons (Fsp3) is 1.00. The Balaban J connectivity index is -0.000000637. The van der Waals surface area contributed by atoms with E-state index < -0.39 is 6.23 Å². The number of aliphatic hydroxyl groups excluding tert-OH is 3. The van der Waals surface area contributed by atoms with E-state index in [0.717, 1.165) is 51.5 Å². The number of nitrogens with one attached hydrogen (secondary N) is 1. The van der Waals surface area contributed by atoms with E-state index >= 15 is 0 Å². The molecule has 4 N–H and O–H groups in total. The zero-order valence-electron chi connectivity index (χ0n) is 15.8. The molecular weight excluding hydrogens is 278 g/mol. The van der Waals surface area contributed by atoms with Gasteiger partial charge in [0.05, 0.1) is 0 Å². The van der Waals surface area contributed by atoms with Crippen molar-refractivity contribution in [2.24, 2.45) is 5.92 Å². The van der Waals surface area contributed by atoms with Gasteiger partial charge in [-0.15, -0.1) is 0 Å². The third-order valence-corrected chi connectivity index (χ3v) is 3.05. The van der Waals surface area contributed by atoms with Crippen molar-refractivity contribution in [3.8, 4) is 0 Å². The summed E-state index contributed by atoms with van der Waals surface area (Å²) in [5.41, 5.74) is 0. The Morgan fingerprint density at radius 1 is 0.864 bits per heavy atom. The van der Waals surface area contributed by atoms with Gasteiger partial charge >= 0.3 is 0 Å². The molecule has 0 amide bonds. The van der Waals surface area contributed by atoms with Crippen LogP contribution in [0.3, 0.4) is 0 Å². The molecule has 0 heterocycles. The lowest BCUT2D eigenvalue weighted by Crippen LogP contribution is -2.38. The molecular formula is C18H43NO3. The lowest BCUT2D eigenvalue weighted by atomic mass is 9.99. The van der Waals surface area contributed by atoms with Gasteiger partial charge in [0.1, 0.15) is 6.23 Å². The quantitative estimate of drug-likeness (QED) is 0.327. The zero-order chi connectivity index (χ0) is 17.6. The van der Waals surface area contributed by atoms with Crippen LogP contribution in [0.25, 0.3) is 0 Å². The molecule has 138 valence electrons. The minimum Gasteiger partial charge on any atom is -0.396 e. The van der Waals surface area contributed by atoms with Crippen molar-refractivity contribution in [1.29, 1.82) is 0 Å². The van der Waals surface area contributed by atoms with Crippen molar-refractivity contribution >= 4 is 0 Å². The van der Waals surface area contributed by atoms with Crippen LogP contribution in [0.5, 0.6) is 0 Å². The van der Waals surface area contributed by atoms with Gasteiger partial charge in [0.2, 0.25) is 0 Å². The summed E-state index contributed by atoms with van der Waals surface area (Å²) in [6.07, 6.45) is 7.56. The van der Waals surface area contributed by atoms with Crippen molar-refractivity contribution in [3.63, 3.8) is 0 Å². The largest absolute Gasteiger partial charge is 0.396 e. The van der Waals surface area contributed by atoms with Gasteiger partial charge in [0, 0.05) is 19.1 Å². The standard InChI is InChI=1S/C13H29NO3.C3H8.C2H6/c1-2-3-9-14-13(17)12(11-16)8-6-4-5-7-10-15;1-3-2;1-2/h12-17H,2-11H2,1H3;3H2,1-2H3;1-2H3. The van der Waals surface area contributed by atoms with Crippen LogP contribution in [-0.2, 0) is 0 Å². The Bertz CT molecular complexity index is 168. The van der Waals surface area contributed by atoms with Gasteiger partial charge in [-0.05, 0) is 25.8 Å². The number of hydrogen-bond acceptors (Lipinski definition) is 4. The molecule has 2 unspecified atom stereocenters. The van der Waals surface area contributed by atoms with E-state index in [-0.39, 0.29) is 19.1 Å². The number of aliphatic hydroxyl groups is 3. The summed E-state index contributed by atoms with van der Waals surface area (Å²) in [5, 5.41) is 30.7. The molecule has 2 atom stereocenters. The van der Waals surface area contributed by atoms with Crippen LogP contribution in [0, 0.1) is 5.92 Å². The SMILES string of the molecule is CC.CCC.CCCCNC(O)C(CO)CCCCCCO. The Kier molecular flexibility index (Phi) is 31.3. The molecule has 0 aliphatic carbocycles. The third-order valence-electron chi connectivity index (χ3n) is 3.05. The normalized spacial score (nSPS) is 12.5. The molecule has 0 aromatic carbocycles. The first-order valence-electron chi connectivity index (χ1n) is 9.30. The molecule has 0 fully saturated rings. The van der Waals surface area contributed by atoms with E-state index in [1.807, 2.05) is 13.8 Å². The Hall–Kier alpha value is -0.160. The highest BCUT2D eigenvalue weighted by molar-refractivity contribution is 4.66. The van der Waals surface area contributed by atoms with Crippen LogP contribution in [0.4, 0.5) is 0 Å². The van der Waals surface area contributed by atoms with Gasteiger partial charge in [-0.3, -0.25) is 5.32 Å². The highest BCUT2D eigenvalue weighted by Crippen LogP contribution is 2.13. The molecule has 4 heteroatoms. The molecule has 0 saturated heterocycles. The average Bonchev–Trinajstić information content (AvgIpc) is 2.54. The predicted octanol–water partition coefficient (Wildman–Crippen LogP) is 3.69. The van der Waals surface area contributed by atoms with E-state index in [4.69, 9.17) is 5.11 Å². The van der Waals surface area contributed by atoms with Crippen LogP contribution in [-0.4, -0.2) is 41.3 Å². The third kappa shape index (κ3) is 22.1. The molecule has 0 saturated carbocycles. The van der Waals surface area contributed by atoms with Gasteiger partial charge in [-0.2, -0.15) is 0 Å². The van der Waals surface area contributed by atoms with Gasteiger partial charge in [-0.25, -0.2) is 0 Å². The second-order valence-corrected chi connectivity index (χ2v) is 5.33. The number of unbranched alkanes of at least 4 members (excludes halogenated alkanes) is 4. The van der Waals surface area contributed by atoms with Crippen LogP contribution in [0.1, 0.15) is 86.0 Å². The van der Waals surface area contributed by atoms with E-state index in [0.29, 0.717) is 0 Å². The summed E-state index contributed by atoms with van der Waals surface area (Å²) >= 11 is 0. The second-order valence-electron chi connectivity index (χ2n) is 5.33. The molecule has 0 aliphatic heterocycles. The van der Waals surface area contributed by atoms with Gasteiger partial charge in [0.25, 0.3) is 0 Å². The van der Waals surface area contributed by atoms with Crippen LogP contribution < -0.4 is 5.32 Å². The van der Waals surface area contributed by atoms with Crippen LogP contribution in [0.2, 0.25) is 0 Å². The summed E-state index contributed by atoms with van der Waals surface area (Å²) in [5.74, 6) is -0.0685. The molecule has 0 rings (SSSR count). The monoisotopic (exact) mass is 321 g/mol. The van der Waals surface area contributed by atoms with Crippen molar-refractivity contribution in [3.05, 3.63) is 0 Å². The van der Waals surface area contributed by atoms with Gasteiger partial charge < -0.3 is 15.3 Å². The molecule has 0 aromatic rings. The minimum absolute atomic E-state index is 0.0281. The average molecular weight is 322 g/mol. The molecule has 0 aliphatic rings. The summed E-state index contributed by atoms with van der Waals surface area (Å²) in [4.78, 5) is 0. The summed E-state index contributed by atoms with van der Waals surface area (Å²) in [6, 6.07) is 0. The van der Waals surface area contributed by atoms with Gasteiger partial charge in [-0.1, -0.05) is 66.7 Å². The number of hydrogen-bond donors (Lipinski definition) is 4. The maximum atomic E-state index is 9.83. The molecule has 0 radical (unpaired) electrons. The molecule has 0 aromatic heterocycles. The van der Waals surface area contributed by atoms with Crippen molar-refractivity contribution in [2.75, 3.05) is 19.8 Å². The topological polar surface area (TPSA) is 72.7 Å². The first-order valence-corrected chi connectivity index (χ1v) is 9.30. The van der Waals surface area contributed by atoms with Crippen molar-refractivity contribution in [2.45, 2.75) is 92.2 Å². The molecule has 22 heavy (non-hydrogen) atoms. The van der Waals surface area contributed by atoms with Crippen LogP contribution in [0.15, 0.2) is 0 Å². The summed E-state index contributed by atoms with van der Waals surface area (Å²) in [7, 11) is 0. The van der Waals surface area contributed by atoms with Crippen molar-refractivity contribution in [1.82, 2.24) is 5.32 Å². The fourth-order valence-corrected chi connectivity index (χ4v) is 1.81. The van der Waals surface area contributed by atoms with E-state index in [1.165, 1.54) is 6.42 Å². The highest BCUT2D eigenvalue weighted by Gasteiger charge is 2.16. The van der Waals surface area contributed by atoms with Crippen LogP contribution >= 0.6 is 0 Å². The lowest BCUT2D eigenvalue weighted by Gasteiger charge is -2.22. The predicted molar refractivity (Wildman–Crippen MR) is 97.0 cm³/mol. The Morgan fingerprint density at radius 2 is 1.41 bits per heavy atom. The van der Waals surface area contributed by atoms with Gasteiger partial charge in [0.15, 0.2) is 0 Å². The molecule has 0 bridgehead atoms. The van der Waals surface area contributed by atoms with E-state index in [9.17, 15) is 10.2 Å². The Labute approximate surface area is 139 Å². The highest BCUT2D eigenvalue weighted by atomic mass is 16.3. The fourth-order valence-electron chi connectivity index (χ4n) is 1.81. The second kappa shape index (κ2) is 25.8. The van der Waals surface area contributed by atoms with Crippen molar-refractivity contribution < 1.29 is 15.3 Å². The lowest BCUT2D eigenvalue weighted by molar-refractivity contribution is 0.0361. The zero-order valence-corrected chi connectivity index (χ0v) is 15.8.